The average molecular weight is 436 g/mol. The first-order chi connectivity index (χ1) is 15.5. The monoisotopic (exact) mass is 435 g/mol. The molecule has 0 spiro atoms. The van der Waals surface area contributed by atoms with Crippen molar-refractivity contribution in [2.75, 3.05) is 24.5 Å². The topological polar surface area (TPSA) is 61.9 Å². The van der Waals surface area contributed by atoms with Crippen LogP contribution in [-0.2, 0) is 22.6 Å². The number of nitrogens with zero attached hydrogens (tertiary/aromatic N) is 2. The Kier molecular flexibility index (Phi) is 7.22. The van der Waals surface area contributed by atoms with Crippen LogP contribution in [0, 0.1) is 0 Å². The Hall–Kier alpha value is -2.70. The number of carbonyl (C=O) groups is 2. The van der Waals surface area contributed by atoms with Crippen LogP contribution in [0.25, 0.3) is 0 Å². The molecular weight excluding hydrogens is 402 g/mol. The molecule has 2 aromatic carbocycles. The van der Waals surface area contributed by atoms with Crippen LogP contribution < -0.4 is 10.2 Å². The van der Waals surface area contributed by atoms with Crippen molar-refractivity contribution >= 4 is 17.5 Å². The van der Waals surface area contributed by atoms with Crippen LogP contribution in [0.3, 0.4) is 0 Å². The number of nitrogens with one attached hydrogen (secondary N) is 1. The summed E-state index contributed by atoms with van der Waals surface area (Å²) >= 11 is 0. The Bertz CT molecular complexity index is 934. The standard InChI is InChI=1S/C26H33N3O3/c1-19-16-28(17-20(2)32-19)18-23-8-4-3-7-22(23)15-27-26(31)21-10-12-24(13-11-21)29-14-6-5-9-25(29)30/h3-4,7-8,10-13,19-20H,5-6,9,14-18H2,1-2H3,(H,27,31). The molecule has 0 bridgehead atoms. The Morgan fingerprint density at radius 3 is 2.38 bits per heavy atom. The molecule has 0 aromatic heterocycles. The molecule has 2 unspecified atom stereocenters. The highest BCUT2D eigenvalue weighted by Crippen LogP contribution is 2.21. The predicted octanol–water partition coefficient (Wildman–Crippen LogP) is 3.74. The van der Waals surface area contributed by atoms with Crippen LogP contribution in [0.4, 0.5) is 5.69 Å². The fourth-order valence-electron chi connectivity index (χ4n) is 4.69. The molecule has 170 valence electrons. The summed E-state index contributed by atoms with van der Waals surface area (Å²) in [6.07, 6.45) is 3.04. The number of morpholine rings is 1. The second kappa shape index (κ2) is 10.3. The number of rotatable bonds is 6. The van der Waals surface area contributed by atoms with Gasteiger partial charge in [0, 0.05) is 50.4 Å². The van der Waals surface area contributed by atoms with Crippen molar-refractivity contribution in [3.05, 3.63) is 65.2 Å². The van der Waals surface area contributed by atoms with Gasteiger partial charge < -0.3 is 15.0 Å². The number of piperidine rings is 1. The van der Waals surface area contributed by atoms with Crippen molar-refractivity contribution in [1.29, 1.82) is 0 Å². The Morgan fingerprint density at radius 1 is 1.00 bits per heavy atom. The number of amides is 2. The molecule has 2 fully saturated rings. The number of benzene rings is 2. The number of anilines is 1. The quantitative estimate of drug-likeness (QED) is 0.751. The van der Waals surface area contributed by atoms with E-state index < -0.39 is 0 Å². The number of hydrogen-bond acceptors (Lipinski definition) is 4. The van der Waals surface area contributed by atoms with Crippen LogP contribution >= 0.6 is 0 Å². The predicted molar refractivity (Wildman–Crippen MR) is 126 cm³/mol. The van der Waals surface area contributed by atoms with E-state index in [1.54, 1.807) is 12.1 Å². The van der Waals surface area contributed by atoms with Gasteiger partial charge in [0.2, 0.25) is 5.91 Å². The zero-order valence-electron chi connectivity index (χ0n) is 19.0. The van der Waals surface area contributed by atoms with Gasteiger partial charge in [-0.1, -0.05) is 24.3 Å². The summed E-state index contributed by atoms with van der Waals surface area (Å²) in [5.41, 5.74) is 3.83. The van der Waals surface area contributed by atoms with Crippen molar-refractivity contribution < 1.29 is 14.3 Å². The van der Waals surface area contributed by atoms with Gasteiger partial charge in [-0.15, -0.1) is 0 Å². The van der Waals surface area contributed by atoms with E-state index in [1.165, 1.54) is 5.56 Å². The highest BCUT2D eigenvalue weighted by molar-refractivity contribution is 5.96. The van der Waals surface area contributed by atoms with E-state index in [4.69, 9.17) is 4.74 Å². The molecule has 2 saturated heterocycles. The molecule has 2 heterocycles. The zero-order chi connectivity index (χ0) is 22.5. The van der Waals surface area contributed by atoms with Gasteiger partial charge in [0.25, 0.3) is 5.91 Å². The SMILES string of the molecule is CC1CN(Cc2ccccc2CNC(=O)c2ccc(N3CCCCC3=O)cc2)CC(C)O1. The molecule has 2 aromatic rings. The summed E-state index contributed by atoms with van der Waals surface area (Å²) in [5.74, 6) is 0.0547. The second-order valence-electron chi connectivity index (χ2n) is 8.95. The first kappa shape index (κ1) is 22.5. The van der Waals surface area contributed by atoms with Crippen LogP contribution in [0.1, 0.15) is 54.6 Å². The highest BCUT2D eigenvalue weighted by atomic mass is 16.5. The molecule has 2 aliphatic rings. The van der Waals surface area contributed by atoms with Crippen LogP contribution in [0.5, 0.6) is 0 Å². The molecule has 6 heteroatoms. The first-order valence-electron chi connectivity index (χ1n) is 11.6. The summed E-state index contributed by atoms with van der Waals surface area (Å²) < 4.78 is 5.84. The lowest BCUT2D eigenvalue weighted by Crippen LogP contribution is -2.45. The largest absolute Gasteiger partial charge is 0.373 e. The maximum Gasteiger partial charge on any atom is 0.251 e. The lowest BCUT2D eigenvalue weighted by atomic mass is 10.1. The maximum absolute atomic E-state index is 12.7. The minimum Gasteiger partial charge on any atom is -0.373 e. The Labute approximate surface area is 190 Å². The van der Waals surface area contributed by atoms with Gasteiger partial charge in [-0.2, -0.15) is 0 Å². The van der Waals surface area contributed by atoms with Crippen molar-refractivity contribution in [2.45, 2.75) is 58.4 Å². The molecule has 2 atom stereocenters. The minimum atomic E-state index is -0.107. The molecule has 2 aliphatic heterocycles. The Balaban J connectivity index is 1.36. The van der Waals surface area contributed by atoms with E-state index in [1.807, 2.05) is 23.1 Å². The van der Waals surface area contributed by atoms with Crippen molar-refractivity contribution in [3.63, 3.8) is 0 Å². The molecule has 4 rings (SSSR count). The summed E-state index contributed by atoms with van der Waals surface area (Å²) in [7, 11) is 0. The normalized spacial score (nSPS) is 22.1. The first-order valence-corrected chi connectivity index (χ1v) is 11.6. The minimum absolute atomic E-state index is 0.107. The lowest BCUT2D eigenvalue weighted by molar-refractivity contribution is -0.119. The number of ether oxygens (including phenoxy) is 1. The van der Waals surface area contributed by atoms with Crippen molar-refractivity contribution in [1.82, 2.24) is 10.2 Å². The highest BCUT2D eigenvalue weighted by Gasteiger charge is 2.23. The van der Waals surface area contributed by atoms with Gasteiger partial charge in [0.1, 0.15) is 0 Å². The summed E-state index contributed by atoms with van der Waals surface area (Å²) in [6, 6.07) is 15.6. The van der Waals surface area contributed by atoms with E-state index in [9.17, 15) is 9.59 Å². The maximum atomic E-state index is 12.7. The lowest BCUT2D eigenvalue weighted by Gasteiger charge is -2.35. The van der Waals surface area contributed by atoms with Crippen LogP contribution in [-0.4, -0.2) is 48.6 Å². The van der Waals surface area contributed by atoms with Gasteiger partial charge in [-0.05, 0) is 62.1 Å². The summed E-state index contributed by atoms with van der Waals surface area (Å²) in [4.78, 5) is 29.1. The van der Waals surface area contributed by atoms with Crippen molar-refractivity contribution in [2.24, 2.45) is 0 Å². The summed E-state index contributed by atoms with van der Waals surface area (Å²) in [5, 5.41) is 3.06. The fraction of sp³-hybridized carbons (Fsp3) is 0.462. The third-order valence-corrected chi connectivity index (χ3v) is 6.21. The van der Waals surface area contributed by atoms with Gasteiger partial charge in [-0.25, -0.2) is 0 Å². The third kappa shape index (κ3) is 5.56. The fourth-order valence-corrected chi connectivity index (χ4v) is 4.69. The van der Waals surface area contributed by atoms with E-state index in [0.717, 1.165) is 50.3 Å². The Morgan fingerprint density at radius 2 is 1.69 bits per heavy atom. The van der Waals surface area contributed by atoms with Gasteiger partial charge in [0.05, 0.1) is 12.2 Å². The number of carbonyl (C=O) groups excluding carboxylic acids is 2. The molecule has 2 amide bonds. The molecular formula is C26H33N3O3. The molecule has 0 radical (unpaired) electrons. The van der Waals surface area contributed by atoms with E-state index in [0.29, 0.717) is 18.5 Å². The second-order valence-corrected chi connectivity index (χ2v) is 8.95. The summed E-state index contributed by atoms with van der Waals surface area (Å²) in [6.45, 7) is 8.14. The van der Waals surface area contributed by atoms with E-state index >= 15 is 0 Å². The van der Waals surface area contributed by atoms with Gasteiger partial charge in [-0.3, -0.25) is 14.5 Å². The smallest absolute Gasteiger partial charge is 0.251 e. The molecule has 0 saturated carbocycles. The van der Waals surface area contributed by atoms with Gasteiger partial charge >= 0.3 is 0 Å². The molecule has 0 aliphatic carbocycles. The van der Waals surface area contributed by atoms with Crippen LogP contribution in [0.2, 0.25) is 0 Å². The van der Waals surface area contributed by atoms with Crippen molar-refractivity contribution in [3.8, 4) is 0 Å². The third-order valence-electron chi connectivity index (χ3n) is 6.21. The number of hydrogen-bond donors (Lipinski definition) is 1. The molecule has 1 N–H and O–H groups in total. The zero-order valence-corrected chi connectivity index (χ0v) is 19.0. The van der Waals surface area contributed by atoms with Crippen LogP contribution in [0.15, 0.2) is 48.5 Å². The van der Waals surface area contributed by atoms with Gasteiger partial charge in [0.15, 0.2) is 0 Å². The average Bonchev–Trinajstić information content (AvgIpc) is 2.78. The van der Waals surface area contributed by atoms with E-state index in [-0.39, 0.29) is 24.0 Å². The molecule has 6 nitrogen and oxygen atoms in total. The molecule has 32 heavy (non-hydrogen) atoms. The van der Waals surface area contributed by atoms with E-state index in [2.05, 4.69) is 42.3 Å².